The number of nitrogens with one attached hydrogen (secondary N) is 4. The third-order valence-corrected chi connectivity index (χ3v) is 7.69. The van der Waals surface area contributed by atoms with E-state index < -0.39 is 42.0 Å². The second-order valence-corrected chi connectivity index (χ2v) is 12.9. The van der Waals surface area contributed by atoms with Gasteiger partial charge < -0.3 is 36.2 Å². The number of carbonyl (C=O) groups excluding carboxylic acids is 3. The van der Waals surface area contributed by atoms with Crippen molar-refractivity contribution in [3.8, 4) is 5.75 Å². The summed E-state index contributed by atoms with van der Waals surface area (Å²) in [4.78, 5) is 63.1. The Morgan fingerprint density at radius 2 is 1.38 bits per heavy atom. The molecule has 4 atom stereocenters. The molecule has 2 aromatic carbocycles. The predicted molar refractivity (Wildman–Crippen MR) is 177 cm³/mol. The zero-order valence-corrected chi connectivity index (χ0v) is 27.4. The summed E-state index contributed by atoms with van der Waals surface area (Å²) < 4.78 is 5.12. The van der Waals surface area contributed by atoms with Crippen molar-refractivity contribution in [1.29, 1.82) is 0 Å². The molecule has 4 unspecified atom stereocenters. The van der Waals surface area contributed by atoms with E-state index in [1.165, 1.54) is 12.2 Å². The molecule has 13 heteroatoms. The van der Waals surface area contributed by atoms with E-state index in [1.54, 1.807) is 50.6 Å². The largest absolute Gasteiger partial charge is 0.497 e. The summed E-state index contributed by atoms with van der Waals surface area (Å²) in [5.74, 6) is -2.51. The number of carboxylic acids is 2. The molecular weight excluding hydrogens is 606 g/mol. The lowest BCUT2D eigenvalue weighted by atomic mass is 9.92. The van der Waals surface area contributed by atoms with E-state index in [9.17, 15) is 34.2 Å². The van der Waals surface area contributed by atoms with Crippen LogP contribution < -0.4 is 26.0 Å². The monoisotopic (exact) mass is 651 g/mol. The summed E-state index contributed by atoms with van der Waals surface area (Å²) in [5.41, 5.74) is 1.89. The molecule has 3 rings (SSSR count). The molecule has 1 heterocycles. The van der Waals surface area contributed by atoms with Crippen LogP contribution in [0.25, 0.3) is 0 Å². The Hall–Kier alpha value is -4.91. The summed E-state index contributed by atoms with van der Waals surface area (Å²) >= 11 is 0. The van der Waals surface area contributed by atoms with Gasteiger partial charge in [0, 0.05) is 24.3 Å². The third-order valence-electron chi connectivity index (χ3n) is 7.69. The average Bonchev–Trinajstić information content (AvgIpc) is 3.39. The number of likely N-dealkylation sites (tertiary alicyclic amines) is 1. The zero-order valence-electron chi connectivity index (χ0n) is 27.4. The molecule has 0 spiro atoms. The van der Waals surface area contributed by atoms with Gasteiger partial charge in [0.05, 0.1) is 13.2 Å². The third kappa shape index (κ3) is 11.8. The Bertz CT molecular complexity index is 1440. The van der Waals surface area contributed by atoms with Gasteiger partial charge in [0.2, 0.25) is 11.8 Å². The van der Waals surface area contributed by atoms with Gasteiger partial charge in [0.15, 0.2) is 0 Å². The minimum absolute atomic E-state index is 0.0162. The molecule has 254 valence electrons. The number of anilines is 2. The number of aliphatic carboxylic acids is 2. The maximum absolute atomic E-state index is 13.1. The lowest BCUT2D eigenvalue weighted by Gasteiger charge is -2.21. The number of carboxylic acid groups (broad SMARTS) is 2. The SMILES string of the molecule is COc1ccc(NC(=O)Nc2ccc(C3CC(C(=O)NC(C/C=C/CC(NC(=O)CC(C)(C)C)C(=O)O)C(=O)O)N(C)C3)cc2)cc1. The Morgan fingerprint density at radius 1 is 0.872 bits per heavy atom. The Kier molecular flexibility index (Phi) is 12.9. The van der Waals surface area contributed by atoms with Gasteiger partial charge in [0.25, 0.3) is 0 Å². The lowest BCUT2D eigenvalue weighted by Crippen LogP contribution is -2.48. The van der Waals surface area contributed by atoms with E-state index in [1.807, 2.05) is 37.8 Å². The second kappa shape index (κ2) is 16.6. The van der Waals surface area contributed by atoms with Crippen molar-refractivity contribution in [3.63, 3.8) is 0 Å². The molecule has 0 aliphatic carbocycles. The quantitative estimate of drug-likeness (QED) is 0.164. The summed E-state index contributed by atoms with van der Waals surface area (Å²) in [7, 11) is 3.37. The first-order chi connectivity index (χ1) is 22.1. The predicted octanol–water partition coefficient (Wildman–Crippen LogP) is 4.04. The maximum Gasteiger partial charge on any atom is 0.326 e. The zero-order chi connectivity index (χ0) is 34.7. The number of hydrogen-bond acceptors (Lipinski definition) is 7. The highest BCUT2D eigenvalue weighted by molar-refractivity contribution is 5.99. The highest BCUT2D eigenvalue weighted by atomic mass is 16.5. The average molecular weight is 652 g/mol. The summed E-state index contributed by atoms with van der Waals surface area (Å²) in [6, 6.07) is 11.0. The van der Waals surface area contributed by atoms with Crippen LogP contribution in [-0.2, 0) is 19.2 Å². The normalized spacial score (nSPS) is 17.8. The number of methoxy groups -OCH3 is 1. The minimum atomic E-state index is -1.22. The van der Waals surface area contributed by atoms with Gasteiger partial charge in [-0.05, 0) is 79.6 Å². The molecule has 0 bridgehead atoms. The second-order valence-electron chi connectivity index (χ2n) is 12.9. The molecule has 0 aromatic heterocycles. The van der Waals surface area contributed by atoms with Crippen molar-refractivity contribution >= 4 is 41.2 Å². The number of likely N-dealkylation sites (N-methyl/N-ethyl adjacent to an activating group) is 1. The molecule has 1 aliphatic heterocycles. The first-order valence-electron chi connectivity index (χ1n) is 15.4. The molecule has 4 amide bonds. The van der Waals surface area contributed by atoms with Crippen molar-refractivity contribution < 1.29 is 38.9 Å². The number of benzene rings is 2. The van der Waals surface area contributed by atoms with Gasteiger partial charge in [-0.1, -0.05) is 45.1 Å². The van der Waals surface area contributed by atoms with E-state index in [-0.39, 0.29) is 36.5 Å². The molecule has 6 N–H and O–H groups in total. The van der Waals surface area contributed by atoms with Crippen molar-refractivity contribution in [2.45, 2.75) is 70.5 Å². The van der Waals surface area contributed by atoms with E-state index in [4.69, 9.17) is 4.74 Å². The van der Waals surface area contributed by atoms with E-state index >= 15 is 0 Å². The van der Waals surface area contributed by atoms with Crippen LogP contribution >= 0.6 is 0 Å². The van der Waals surface area contributed by atoms with Gasteiger partial charge in [0.1, 0.15) is 17.8 Å². The number of urea groups is 1. The highest BCUT2D eigenvalue weighted by Crippen LogP contribution is 2.31. The van der Waals surface area contributed by atoms with Crippen LogP contribution in [0.5, 0.6) is 5.75 Å². The first-order valence-corrected chi connectivity index (χ1v) is 15.4. The van der Waals surface area contributed by atoms with Crippen molar-refractivity contribution in [2.24, 2.45) is 5.41 Å². The van der Waals surface area contributed by atoms with Crippen LogP contribution in [0.1, 0.15) is 57.9 Å². The van der Waals surface area contributed by atoms with Gasteiger partial charge in [-0.15, -0.1) is 0 Å². The maximum atomic E-state index is 13.1. The Balaban J connectivity index is 1.51. The summed E-state index contributed by atoms with van der Waals surface area (Å²) in [5, 5.41) is 29.8. The van der Waals surface area contributed by atoms with Gasteiger partial charge >= 0.3 is 18.0 Å². The standard InChI is InChI=1S/C34H45N5O8/c1-34(2,3)19-29(40)37-26(31(42)43)8-6-7-9-27(32(44)45)38-30(41)28-18-22(20-39(28)4)21-10-12-23(13-11-21)35-33(46)36-24-14-16-25(47-5)17-15-24/h6-7,10-17,22,26-28H,8-9,18-20H2,1-5H3,(H,37,40)(H,38,41)(H,42,43)(H,44,45)(H2,35,36,46)/b7-6+. The van der Waals surface area contributed by atoms with Crippen molar-refractivity contribution in [2.75, 3.05) is 31.3 Å². The number of amides is 4. The molecule has 1 aliphatic rings. The molecule has 0 saturated carbocycles. The number of rotatable bonds is 14. The topological polar surface area (TPSA) is 186 Å². The Morgan fingerprint density at radius 3 is 1.87 bits per heavy atom. The van der Waals surface area contributed by atoms with Gasteiger partial charge in [-0.2, -0.15) is 0 Å². The van der Waals surface area contributed by atoms with E-state index in [0.717, 1.165) is 5.56 Å². The molecule has 0 radical (unpaired) electrons. The van der Waals surface area contributed by atoms with Crippen LogP contribution in [0.3, 0.4) is 0 Å². The lowest BCUT2D eigenvalue weighted by molar-refractivity contribution is -0.142. The summed E-state index contributed by atoms with van der Waals surface area (Å²) in [6.45, 7) is 6.20. The fraction of sp³-hybridized carbons (Fsp3) is 0.441. The van der Waals surface area contributed by atoms with Gasteiger partial charge in [-0.25, -0.2) is 14.4 Å². The number of hydrogen-bond donors (Lipinski definition) is 6. The van der Waals surface area contributed by atoms with E-state index in [0.29, 0.717) is 30.1 Å². The molecule has 47 heavy (non-hydrogen) atoms. The smallest absolute Gasteiger partial charge is 0.326 e. The van der Waals surface area contributed by atoms with Crippen molar-refractivity contribution in [1.82, 2.24) is 15.5 Å². The van der Waals surface area contributed by atoms with Crippen LogP contribution in [0.15, 0.2) is 60.7 Å². The van der Waals surface area contributed by atoms with Crippen LogP contribution in [-0.4, -0.2) is 83.7 Å². The minimum Gasteiger partial charge on any atom is -0.497 e. The molecule has 13 nitrogen and oxygen atoms in total. The van der Waals surface area contributed by atoms with Crippen LogP contribution in [0, 0.1) is 5.41 Å². The van der Waals surface area contributed by atoms with Crippen LogP contribution in [0.2, 0.25) is 0 Å². The Labute approximate surface area is 274 Å². The van der Waals surface area contributed by atoms with E-state index in [2.05, 4.69) is 21.3 Å². The fourth-order valence-corrected chi connectivity index (χ4v) is 5.26. The molecular formula is C34H45N5O8. The molecule has 2 aromatic rings. The number of carbonyl (C=O) groups is 5. The number of nitrogens with zero attached hydrogens (tertiary/aromatic N) is 1. The number of ether oxygens (including phenoxy) is 1. The highest BCUT2D eigenvalue weighted by Gasteiger charge is 2.36. The van der Waals surface area contributed by atoms with Crippen LogP contribution in [0.4, 0.5) is 16.2 Å². The molecule has 1 saturated heterocycles. The fourth-order valence-electron chi connectivity index (χ4n) is 5.26. The van der Waals surface area contributed by atoms with Gasteiger partial charge in [-0.3, -0.25) is 14.5 Å². The first kappa shape index (κ1) is 36.6. The van der Waals surface area contributed by atoms with Crippen molar-refractivity contribution in [3.05, 3.63) is 66.2 Å². The molecule has 1 fully saturated rings. The summed E-state index contributed by atoms with van der Waals surface area (Å²) in [6.07, 6.45) is 3.56.